The molecule has 1 heterocycles. The molecule has 192 valence electrons. The average Bonchev–Trinajstić information content (AvgIpc) is 2.87. The summed E-state index contributed by atoms with van der Waals surface area (Å²) in [6.07, 6.45) is 0.673. The number of ether oxygens (including phenoxy) is 1. The molecule has 0 amide bonds. The number of halogens is 1. The van der Waals surface area contributed by atoms with Crippen LogP contribution >= 0.6 is 11.6 Å². The summed E-state index contributed by atoms with van der Waals surface area (Å²) in [7, 11) is -3.88. The van der Waals surface area contributed by atoms with Crippen LogP contribution in [0.3, 0.4) is 0 Å². The van der Waals surface area contributed by atoms with Gasteiger partial charge in [-0.1, -0.05) is 41.9 Å². The fourth-order valence-electron chi connectivity index (χ4n) is 3.87. The lowest BCUT2D eigenvalue weighted by Crippen LogP contribution is -2.49. The van der Waals surface area contributed by atoms with Crippen LogP contribution in [0.5, 0.6) is 5.75 Å². The molecule has 1 aliphatic heterocycles. The SMILES string of the molecule is CC1(C)Oc2ccc(S(=O)(=O)NCc3ccccc3)cc2[C@@H](N=C(NC#N)Nc2ccc(Cl)cc2)[C@@H]1O. The van der Waals surface area contributed by atoms with Crippen molar-refractivity contribution in [3.05, 3.63) is 88.9 Å². The second-order valence-electron chi connectivity index (χ2n) is 8.95. The summed E-state index contributed by atoms with van der Waals surface area (Å²) in [5.74, 6) is 0.446. The lowest BCUT2D eigenvalue weighted by Gasteiger charge is -2.40. The number of sulfonamides is 1. The predicted octanol–water partition coefficient (Wildman–Crippen LogP) is 3.93. The Morgan fingerprint density at radius 3 is 2.51 bits per heavy atom. The maximum Gasteiger partial charge on any atom is 0.240 e. The van der Waals surface area contributed by atoms with Crippen LogP contribution in [0.1, 0.15) is 31.0 Å². The first kappa shape index (κ1) is 26.4. The van der Waals surface area contributed by atoms with Gasteiger partial charge >= 0.3 is 0 Å². The molecule has 3 aromatic carbocycles. The number of aliphatic hydroxyl groups is 1. The monoisotopic (exact) mass is 539 g/mol. The summed E-state index contributed by atoms with van der Waals surface area (Å²) in [5.41, 5.74) is 0.746. The van der Waals surface area contributed by atoms with Crippen LogP contribution in [0, 0.1) is 11.5 Å². The molecule has 0 aliphatic carbocycles. The lowest BCUT2D eigenvalue weighted by atomic mass is 9.87. The van der Waals surface area contributed by atoms with Gasteiger partial charge in [0.05, 0.1) is 4.90 Å². The molecule has 0 saturated heterocycles. The summed E-state index contributed by atoms with van der Waals surface area (Å²) in [5, 5.41) is 26.5. The van der Waals surface area contributed by atoms with Gasteiger partial charge in [-0.2, -0.15) is 5.26 Å². The Hall–Kier alpha value is -3.62. The van der Waals surface area contributed by atoms with E-state index in [-0.39, 0.29) is 17.4 Å². The maximum atomic E-state index is 13.1. The lowest BCUT2D eigenvalue weighted by molar-refractivity contribution is -0.0568. The Morgan fingerprint density at radius 2 is 1.84 bits per heavy atom. The summed E-state index contributed by atoms with van der Waals surface area (Å²) in [6, 6.07) is 19.4. The number of hydrogen-bond acceptors (Lipinski definition) is 6. The van der Waals surface area contributed by atoms with Crippen molar-refractivity contribution in [3.63, 3.8) is 0 Å². The first-order chi connectivity index (χ1) is 17.6. The van der Waals surface area contributed by atoms with E-state index in [1.165, 1.54) is 12.1 Å². The molecule has 0 bridgehead atoms. The third-order valence-corrected chi connectivity index (χ3v) is 7.50. The van der Waals surface area contributed by atoms with Gasteiger partial charge in [-0.05, 0) is 61.9 Å². The van der Waals surface area contributed by atoms with Crippen molar-refractivity contribution in [1.82, 2.24) is 10.0 Å². The smallest absolute Gasteiger partial charge is 0.240 e. The van der Waals surface area contributed by atoms with Gasteiger partial charge < -0.3 is 15.2 Å². The fraction of sp³-hybridized carbons (Fsp3) is 0.231. The first-order valence-corrected chi connectivity index (χ1v) is 13.3. The van der Waals surface area contributed by atoms with Gasteiger partial charge in [-0.15, -0.1) is 0 Å². The van der Waals surface area contributed by atoms with Crippen LogP contribution < -0.4 is 20.1 Å². The Labute approximate surface area is 220 Å². The Kier molecular flexibility index (Phi) is 7.71. The summed E-state index contributed by atoms with van der Waals surface area (Å²) in [6.45, 7) is 3.54. The Bertz CT molecular complexity index is 1440. The van der Waals surface area contributed by atoms with Gasteiger partial charge in [0.15, 0.2) is 6.19 Å². The minimum atomic E-state index is -3.88. The van der Waals surface area contributed by atoms with E-state index in [0.717, 1.165) is 5.56 Å². The van der Waals surface area contributed by atoms with E-state index >= 15 is 0 Å². The van der Waals surface area contributed by atoms with E-state index in [4.69, 9.17) is 16.3 Å². The van der Waals surface area contributed by atoms with Crippen molar-refractivity contribution in [2.45, 2.75) is 43.0 Å². The molecule has 0 aromatic heterocycles. The molecule has 0 saturated carbocycles. The van der Waals surface area contributed by atoms with Gasteiger partial charge in [0.2, 0.25) is 16.0 Å². The van der Waals surface area contributed by atoms with Crippen molar-refractivity contribution in [2.75, 3.05) is 5.32 Å². The van der Waals surface area contributed by atoms with Gasteiger partial charge in [-0.3, -0.25) is 5.32 Å². The topological polar surface area (TPSA) is 136 Å². The highest BCUT2D eigenvalue weighted by Crippen LogP contribution is 2.42. The van der Waals surface area contributed by atoms with Crippen molar-refractivity contribution in [3.8, 4) is 11.9 Å². The third kappa shape index (κ3) is 6.21. The van der Waals surface area contributed by atoms with Gasteiger partial charge in [-0.25, -0.2) is 18.1 Å². The molecule has 0 unspecified atom stereocenters. The number of guanidine groups is 1. The highest BCUT2D eigenvalue weighted by Gasteiger charge is 2.43. The van der Waals surface area contributed by atoms with E-state index in [9.17, 15) is 18.8 Å². The maximum absolute atomic E-state index is 13.1. The number of anilines is 1. The molecule has 9 nitrogen and oxygen atoms in total. The minimum absolute atomic E-state index is 0.00154. The molecule has 0 fully saturated rings. The standard InChI is InChI=1S/C26H26ClN5O4S/c1-26(2)24(33)23(32-25(29-16-28)31-19-10-8-18(27)9-11-19)21-14-20(12-13-22(21)36-26)37(34,35)30-15-17-6-4-3-5-7-17/h3-14,23-24,30,33H,15H2,1-2H3,(H2,29,31,32)/t23-,24+/m1/s1. The predicted molar refractivity (Wildman–Crippen MR) is 142 cm³/mol. The molecule has 1 aliphatic rings. The molecule has 0 spiro atoms. The molecule has 4 N–H and O–H groups in total. The molecule has 0 radical (unpaired) electrons. The van der Waals surface area contributed by atoms with Crippen molar-refractivity contribution in [2.24, 2.45) is 4.99 Å². The van der Waals surface area contributed by atoms with Gasteiger partial charge in [0.25, 0.3) is 0 Å². The largest absolute Gasteiger partial charge is 0.485 e. The zero-order valence-corrected chi connectivity index (χ0v) is 21.7. The van der Waals surface area contributed by atoms with E-state index < -0.39 is 27.8 Å². The zero-order valence-electron chi connectivity index (χ0n) is 20.1. The molecule has 2 atom stereocenters. The van der Waals surface area contributed by atoms with Crippen LogP contribution in [0.15, 0.2) is 82.7 Å². The number of aliphatic hydroxyl groups excluding tert-OH is 1. The average molecular weight is 540 g/mol. The summed E-state index contributed by atoms with van der Waals surface area (Å²) >= 11 is 5.95. The molecule has 3 aromatic rings. The number of benzene rings is 3. The van der Waals surface area contributed by atoms with Gasteiger partial charge in [0.1, 0.15) is 23.5 Å². The quantitative estimate of drug-likeness (QED) is 0.161. The van der Waals surface area contributed by atoms with Crippen LogP contribution in [-0.4, -0.2) is 31.2 Å². The highest BCUT2D eigenvalue weighted by molar-refractivity contribution is 7.89. The Balaban J connectivity index is 1.70. The molecule has 4 rings (SSSR count). The van der Waals surface area contributed by atoms with E-state index in [2.05, 4.69) is 20.3 Å². The number of fused-ring (bicyclic) bond motifs is 1. The molecule has 37 heavy (non-hydrogen) atoms. The van der Waals surface area contributed by atoms with Gasteiger partial charge in [0, 0.05) is 22.8 Å². The number of nitriles is 1. The molecule has 11 heteroatoms. The van der Waals surface area contributed by atoms with Crippen molar-refractivity contribution in [1.29, 1.82) is 5.26 Å². The summed E-state index contributed by atoms with van der Waals surface area (Å²) < 4.78 is 34.7. The molecular formula is C26H26ClN5O4S. The zero-order chi connectivity index (χ0) is 26.6. The number of nitrogens with zero attached hydrogens (tertiary/aromatic N) is 2. The van der Waals surface area contributed by atoms with Crippen LogP contribution in [0.4, 0.5) is 5.69 Å². The highest BCUT2D eigenvalue weighted by atomic mass is 35.5. The van der Waals surface area contributed by atoms with E-state index in [0.29, 0.717) is 22.0 Å². The summed E-state index contributed by atoms with van der Waals surface area (Å²) in [4.78, 5) is 4.57. The third-order valence-electron chi connectivity index (χ3n) is 5.85. The second-order valence-corrected chi connectivity index (χ2v) is 11.2. The molecular weight excluding hydrogens is 514 g/mol. The number of rotatable bonds is 6. The number of hydrogen-bond donors (Lipinski definition) is 4. The van der Waals surface area contributed by atoms with Crippen LogP contribution in [0.2, 0.25) is 5.02 Å². The minimum Gasteiger partial charge on any atom is -0.485 e. The number of nitrogens with one attached hydrogen (secondary N) is 3. The number of aliphatic imine (C=N–C) groups is 1. The van der Waals surface area contributed by atoms with E-state index in [1.807, 2.05) is 36.5 Å². The fourth-order valence-corrected chi connectivity index (χ4v) is 5.05. The van der Waals surface area contributed by atoms with Crippen molar-refractivity contribution < 1.29 is 18.3 Å². The van der Waals surface area contributed by atoms with Crippen molar-refractivity contribution >= 4 is 33.3 Å². The van der Waals surface area contributed by atoms with Crippen LogP contribution in [0.25, 0.3) is 0 Å². The Morgan fingerprint density at radius 1 is 1.14 bits per heavy atom. The normalized spacial score (nSPS) is 18.7. The first-order valence-electron chi connectivity index (χ1n) is 11.4. The van der Waals surface area contributed by atoms with E-state index in [1.54, 1.807) is 44.2 Å². The van der Waals surface area contributed by atoms with Crippen LogP contribution in [-0.2, 0) is 16.6 Å². The second kappa shape index (κ2) is 10.8.